The van der Waals surface area contributed by atoms with Gasteiger partial charge in [0.1, 0.15) is 6.04 Å². The van der Waals surface area contributed by atoms with Crippen molar-refractivity contribution in [3.05, 3.63) is 71.3 Å². The van der Waals surface area contributed by atoms with Crippen molar-refractivity contribution in [1.82, 2.24) is 15.5 Å². The summed E-state index contributed by atoms with van der Waals surface area (Å²) in [5, 5.41) is 5.97. The Morgan fingerprint density at radius 1 is 0.919 bits per heavy atom. The van der Waals surface area contributed by atoms with Crippen LogP contribution in [0.4, 0.5) is 0 Å². The van der Waals surface area contributed by atoms with E-state index in [1.54, 1.807) is 11.9 Å². The third-order valence-electron chi connectivity index (χ3n) is 7.16. The number of hydrogen-bond donors (Lipinski definition) is 4. The van der Waals surface area contributed by atoms with Crippen molar-refractivity contribution in [2.45, 2.75) is 70.1 Å². The summed E-state index contributed by atoms with van der Waals surface area (Å²) in [7, 11) is 1.75. The fourth-order valence-corrected chi connectivity index (χ4v) is 5.01. The lowest BCUT2D eigenvalue weighted by atomic mass is 9.84. The molecule has 3 rings (SSSR count). The van der Waals surface area contributed by atoms with E-state index in [-0.39, 0.29) is 18.4 Å². The van der Waals surface area contributed by atoms with Crippen LogP contribution >= 0.6 is 0 Å². The zero-order valence-electron chi connectivity index (χ0n) is 21.8. The van der Waals surface area contributed by atoms with Crippen LogP contribution in [0.3, 0.4) is 0 Å². The number of nitrogens with two attached hydrogens (primary N) is 2. The predicted molar refractivity (Wildman–Crippen MR) is 145 cm³/mol. The van der Waals surface area contributed by atoms with Crippen molar-refractivity contribution < 1.29 is 14.4 Å². The largest absolute Gasteiger partial charge is 0.369 e. The fraction of sp³-hybridized carbons (Fsp3) is 0.483. The zero-order valence-corrected chi connectivity index (χ0v) is 21.8. The molecule has 1 aliphatic rings. The Morgan fingerprint density at radius 2 is 1.57 bits per heavy atom. The molecule has 2 aromatic carbocycles. The van der Waals surface area contributed by atoms with Gasteiger partial charge in [-0.15, -0.1) is 0 Å². The molecule has 0 spiro atoms. The fourth-order valence-electron chi connectivity index (χ4n) is 5.01. The van der Waals surface area contributed by atoms with E-state index in [1.165, 1.54) is 6.42 Å². The second kappa shape index (κ2) is 14.5. The molecule has 0 aliphatic heterocycles. The number of benzene rings is 2. The van der Waals surface area contributed by atoms with E-state index in [2.05, 4.69) is 10.6 Å². The van der Waals surface area contributed by atoms with E-state index in [1.807, 2.05) is 54.6 Å². The minimum Gasteiger partial charge on any atom is -0.369 e. The topological polar surface area (TPSA) is 131 Å². The monoisotopic (exact) mass is 507 g/mol. The zero-order chi connectivity index (χ0) is 26.6. The molecule has 0 heterocycles. The number of amides is 3. The Bertz CT molecular complexity index is 1010. The van der Waals surface area contributed by atoms with Gasteiger partial charge in [-0.25, -0.2) is 0 Å². The molecule has 0 radical (unpaired) electrons. The van der Waals surface area contributed by atoms with Crippen LogP contribution < -0.4 is 22.1 Å². The van der Waals surface area contributed by atoms with Crippen molar-refractivity contribution in [3.8, 4) is 0 Å². The Morgan fingerprint density at radius 3 is 2.19 bits per heavy atom. The molecule has 2 atom stereocenters. The Hall–Kier alpha value is -3.23. The van der Waals surface area contributed by atoms with E-state index in [0.717, 1.165) is 42.4 Å². The first-order valence-corrected chi connectivity index (χ1v) is 13.2. The van der Waals surface area contributed by atoms with Gasteiger partial charge in [0.15, 0.2) is 0 Å². The number of rotatable bonds is 13. The SMILES string of the molecule is CN(CC(N)=O)C(CC1CCCCC1)C(=O)N[C@@H](Cc1ccccc1)C(=O)NCc1ccc(CN)cc1. The van der Waals surface area contributed by atoms with Crippen LogP contribution in [0.25, 0.3) is 0 Å². The average Bonchev–Trinajstić information content (AvgIpc) is 2.91. The van der Waals surface area contributed by atoms with Gasteiger partial charge < -0.3 is 22.1 Å². The summed E-state index contributed by atoms with van der Waals surface area (Å²) in [6, 6.07) is 16.1. The molecule has 0 aromatic heterocycles. The van der Waals surface area contributed by atoms with Gasteiger partial charge in [0.25, 0.3) is 0 Å². The molecule has 0 saturated heterocycles. The molecule has 37 heavy (non-hydrogen) atoms. The lowest BCUT2D eigenvalue weighted by molar-refractivity contribution is -0.133. The number of carbonyl (C=O) groups excluding carboxylic acids is 3. The normalized spacial score (nSPS) is 15.6. The predicted octanol–water partition coefficient (Wildman–Crippen LogP) is 2.25. The van der Waals surface area contributed by atoms with Crippen molar-refractivity contribution in [2.24, 2.45) is 17.4 Å². The lowest BCUT2D eigenvalue weighted by Crippen LogP contribution is -2.55. The van der Waals surface area contributed by atoms with Crippen LogP contribution in [0.2, 0.25) is 0 Å². The number of likely N-dealkylation sites (N-methyl/N-ethyl adjacent to an activating group) is 1. The molecule has 0 bridgehead atoms. The molecule has 8 heteroatoms. The van der Waals surface area contributed by atoms with E-state index >= 15 is 0 Å². The summed E-state index contributed by atoms with van der Waals surface area (Å²) in [6.07, 6.45) is 6.69. The summed E-state index contributed by atoms with van der Waals surface area (Å²) in [4.78, 5) is 40.2. The Kier molecular flexibility index (Phi) is 11.1. The number of nitrogens with one attached hydrogen (secondary N) is 2. The van der Waals surface area contributed by atoms with Gasteiger partial charge >= 0.3 is 0 Å². The van der Waals surface area contributed by atoms with Crippen LogP contribution in [0.5, 0.6) is 0 Å². The quantitative estimate of drug-likeness (QED) is 0.330. The van der Waals surface area contributed by atoms with E-state index in [9.17, 15) is 14.4 Å². The van der Waals surface area contributed by atoms with Gasteiger partial charge in [0.2, 0.25) is 17.7 Å². The Balaban J connectivity index is 1.73. The van der Waals surface area contributed by atoms with E-state index in [4.69, 9.17) is 11.5 Å². The molecule has 1 fully saturated rings. The summed E-state index contributed by atoms with van der Waals surface area (Å²) >= 11 is 0. The maximum absolute atomic E-state index is 13.6. The summed E-state index contributed by atoms with van der Waals surface area (Å²) in [5.41, 5.74) is 14.0. The van der Waals surface area contributed by atoms with Crippen LogP contribution in [0.1, 0.15) is 55.2 Å². The molecule has 2 aromatic rings. The third kappa shape index (κ3) is 9.30. The number of primary amides is 1. The van der Waals surface area contributed by atoms with Gasteiger partial charge in [-0.05, 0) is 36.1 Å². The molecule has 200 valence electrons. The van der Waals surface area contributed by atoms with E-state index in [0.29, 0.717) is 31.8 Å². The molecular formula is C29H41N5O3. The van der Waals surface area contributed by atoms with Crippen LogP contribution in [0, 0.1) is 5.92 Å². The molecule has 1 aliphatic carbocycles. The highest BCUT2D eigenvalue weighted by Gasteiger charge is 2.31. The Labute approximate surface area is 220 Å². The van der Waals surface area contributed by atoms with Gasteiger partial charge in [-0.3, -0.25) is 19.3 Å². The maximum Gasteiger partial charge on any atom is 0.243 e. The maximum atomic E-state index is 13.6. The lowest BCUT2D eigenvalue weighted by Gasteiger charge is -2.32. The van der Waals surface area contributed by atoms with Crippen LogP contribution in [-0.4, -0.2) is 48.3 Å². The highest BCUT2D eigenvalue weighted by molar-refractivity contribution is 5.90. The smallest absolute Gasteiger partial charge is 0.243 e. The standard InChI is InChI=1S/C29H41N5O3/c1-34(20-27(31)35)26(17-22-10-6-3-7-11-22)29(37)33-25(16-21-8-4-2-5-9-21)28(36)32-19-24-14-12-23(18-30)13-15-24/h2,4-5,8-9,12-15,22,25-26H,3,6-7,10-11,16-20,30H2,1H3,(H2,31,35)(H,32,36)(H,33,37)/t25-,26?/m0/s1. The van der Waals surface area contributed by atoms with Gasteiger partial charge in [-0.2, -0.15) is 0 Å². The second-order valence-electron chi connectivity index (χ2n) is 10.1. The van der Waals surface area contributed by atoms with Crippen molar-refractivity contribution in [2.75, 3.05) is 13.6 Å². The molecule has 6 N–H and O–H groups in total. The van der Waals surface area contributed by atoms with Crippen LogP contribution in [0.15, 0.2) is 54.6 Å². The molecule has 1 unspecified atom stereocenters. The second-order valence-corrected chi connectivity index (χ2v) is 10.1. The van der Waals surface area contributed by atoms with Crippen LogP contribution in [-0.2, 0) is 33.9 Å². The average molecular weight is 508 g/mol. The van der Waals surface area contributed by atoms with Crippen molar-refractivity contribution in [3.63, 3.8) is 0 Å². The molecule has 1 saturated carbocycles. The van der Waals surface area contributed by atoms with Gasteiger partial charge in [-0.1, -0.05) is 86.7 Å². The minimum atomic E-state index is -0.756. The summed E-state index contributed by atoms with van der Waals surface area (Å²) in [5.74, 6) is -0.576. The van der Waals surface area contributed by atoms with E-state index < -0.39 is 18.0 Å². The van der Waals surface area contributed by atoms with Crippen molar-refractivity contribution in [1.29, 1.82) is 0 Å². The highest BCUT2D eigenvalue weighted by Crippen LogP contribution is 2.28. The summed E-state index contributed by atoms with van der Waals surface area (Å²) < 4.78 is 0. The first-order chi connectivity index (χ1) is 17.9. The number of hydrogen-bond acceptors (Lipinski definition) is 5. The van der Waals surface area contributed by atoms with Crippen molar-refractivity contribution >= 4 is 17.7 Å². The first kappa shape index (κ1) is 28.3. The van der Waals surface area contributed by atoms with Gasteiger partial charge in [0.05, 0.1) is 12.6 Å². The number of carbonyl (C=O) groups is 3. The molecule has 8 nitrogen and oxygen atoms in total. The third-order valence-corrected chi connectivity index (χ3v) is 7.16. The molecule has 3 amide bonds. The number of nitrogens with zero attached hydrogens (tertiary/aromatic N) is 1. The van der Waals surface area contributed by atoms with Gasteiger partial charge in [0, 0.05) is 19.5 Å². The summed E-state index contributed by atoms with van der Waals surface area (Å²) in [6.45, 7) is 0.793. The highest BCUT2D eigenvalue weighted by atomic mass is 16.2. The first-order valence-electron chi connectivity index (χ1n) is 13.2. The minimum absolute atomic E-state index is 0.0147. The molecular weight excluding hydrogens is 466 g/mol.